The summed E-state index contributed by atoms with van der Waals surface area (Å²) in [5.74, 6) is 0.987. The van der Waals surface area contributed by atoms with E-state index in [1.807, 2.05) is 0 Å². The summed E-state index contributed by atoms with van der Waals surface area (Å²) in [6.45, 7) is 7.24. The van der Waals surface area contributed by atoms with E-state index in [9.17, 15) is 0 Å². The lowest BCUT2D eigenvalue weighted by Crippen LogP contribution is -2.26. The first-order valence-corrected chi connectivity index (χ1v) is 9.58. The van der Waals surface area contributed by atoms with Gasteiger partial charge in [0, 0.05) is 18.2 Å². The lowest BCUT2D eigenvalue weighted by Gasteiger charge is -2.19. The normalized spacial score (nSPS) is 12.5. The first kappa shape index (κ1) is 18.5. The molecule has 26 heavy (non-hydrogen) atoms. The van der Waals surface area contributed by atoms with Crippen LogP contribution in [0.4, 0.5) is 0 Å². The second-order valence-corrected chi connectivity index (χ2v) is 7.24. The Morgan fingerprint density at radius 3 is 2.35 bits per heavy atom. The Labute approximate surface area is 157 Å². The summed E-state index contributed by atoms with van der Waals surface area (Å²) in [5.41, 5.74) is 2.65. The van der Waals surface area contributed by atoms with Gasteiger partial charge < -0.3 is 10.1 Å². The standard InChI is InChI=1S/C24H29NO/c1-18(2)26-24-16-15-21-11-7-8-12-22(21)23(24)17-25-19(3)13-14-20-9-5-4-6-10-20/h4-12,15-16,18-19,25H,13-14,17H2,1-3H3. The van der Waals surface area contributed by atoms with Gasteiger partial charge in [-0.3, -0.25) is 0 Å². The first-order chi connectivity index (χ1) is 12.6. The molecular formula is C24H29NO. The fourth-order valence-corrected chi connectivity index (χ4v) is 3.27. The van der Waals surface area contributed by atoms with Gasteiger partial charge in [-0.1, -0.05) is 60.7 Å². The third-order valence-electron chi connectivity index (χ3n) is 4.70. The zero-order valence-electron chi connectivity index (χ0n) is 16.0. The maximum absolute atomic E-state index is 6.08. The number of nitrogens with one attached hydrogen (secondary N) is 1. The molecule has 0 spiro atoms. The smallest absolute Gasteiger partial charge is 0.124 e. The van der Waals surface area contributed by atoms with E-state index in [1.165, 1.54) is 21.9 Å². The monoisotopic (exact) mass is 347 g/mol. The summed E-state index contributed by atoms with van der Waals surface area (Å²) >= 11 is 0. The average Bonchev–Trinajstić information content (AvgIpc) is 2.66. The Hall–Kier alpha value is -2.32. The molecular weight excluding hydrogens is 318 g/mol. The molecule has 0 heterocycles. The number of ether oxygens (including phenoxy) is 1. The van der Waals surface area contributed by atoms with E-state index < -0.39 is 0 Å². The molecule has 0 bridgehead atoms. The first-order valence-electron chi connectivity index (χ1n) is 9.58. The van der Waals surface area contributed by atoms with Crippen LogP contribution < -0.4 is 10.1 Å². The van der Waals surface area contributed by atoms with E-state index in [1.54, 1.807) is 0 Å². The summed E-state index contributed by atoms with van der Waals surface area (Å²) in [6, 6.07) is 23.9. The Kier molecular flexibility index (Phi) is 6.30. The predicted octanol–water partition coefficient (Wildman–Crippen LogP) is 5.74. The summed E-state index contributed by atoms with van der Waals surface area (Å²) in [4.78, 5) is 0. The molecule has 1 unspecified atom stereocenters. The van der Waals surface area contributed by atoms with Gasteiger partial charge in [-0.05, 0) is 56.0 Å². The minimum Gasteiger partial charge on any atom is -0.491 e. The fourth-order valence-electron chi connectivity index (χ4n) is 3.27. The van der Waals surface area contributed by atoms with Crippen molar-refractivity contribution < 1.29 is 4.74 Å². The SMILES string of the molecule is CC(CCc1ccccc1)NCc1c(OC(C)C)ccc2ccccc12. The molecule has 0 saturated carbocycles. The zero-order chi connectivity index (χ0) is 18.4. The van der Waals surface area contributed by atoms with Crippen molar-refractivity contribution in [1.29, 1.82) is 0 Å². The van der Waals surface area contributed by atoms with E-state index >= 15 is 0 Å². The van der Waals surface area contributed by atoms with Crippen molar-refractivity contribution in [3.8, 4) is 5.75 Å². The third kappa shape index (κ3) is 4.86. The number of benzene rings is 3. The van der Waals surface area contributed by atoms with E-state index in [-0.39, 0.29) is 6.10 Å². The van der Waals surface area contributed by atoms with Gasteiger partial charge in [0.05, 0.1) is 6.10 Å². The average molecular weight is 348 g/mol. The summed E-state index contributed by atoms with van der Waals surface area (Å²) in [7, 11) is 0. The second-order valence-electron chi connectivity index (χ2n) is 7.24. The highest BCUT2D eigenvalue weighted by Crippen LogP contribution is 2.29. The lowest BCUT2D eigenvalue weighted by molar-refractivity contribution is 0.239. The van der Waals surface area contributed by atoms with Crippen LogP contribution in [-0.2, 0) is 13.0 Å². The molecule has 0 saturated heterocycles. The summed E-state index contributed by atoms with van der Waals surface area (Å²) in [6.07, 6.45) is 2.39. The van der Waals surface area contributed by atoms with Crippen LogP contribution in [0.2, 0.25) is 0 Å². The van der Waals surface area contributed by atoms with Gasteiger partial charge in [0.1, 0.15) is 5.75 Å². The summed E-state index contributed by atoms with van der Waals surface area (Å²) < 4.78 is 6.08. The van der Waals surface area contributed by atoms with Gasteiger partial charge in [0.15, 0.2) is 0 Å². The Morgan fingerprint density at radius 2 is 1.58 bits per heavy atom. The van der Waals surface area contributed by atoms with Gasteiger partial charge in [-0.25, -0.2) is 0 Å². The molecule has 0 fully saturated rings. The van der Waals surface area contributed by atoms with Crippen molar-refractivity contribution in [3.63, 3.8) is 0 Å². The molecule has 0 aliphatic heterocycles. The molecule has 2 nitrogen and oxygen atoms in total. The number of hydrogen-bond acceptors (Lipinski definition) is 2. The summed E-state index contributed by atoms with van der Waals surface area (Å²) in [5, 5.41) is 6.23. The molecule has 0 aliphatic rings. The lowest BCUT2D eigenvalue weighted by atomic mass is 10.0. The molecule has 0 amide bonds. The minimum absolute atomic E-state index is 0.172. The zero-order valence-corrected chi connectivity index (χ0v) is 16.0. The van der Waals surface area contributed by atoms with Crippen molar-refractivity contribution in [3.05, 3.63) is 77.9 Å². The highest BCUT2D eigenvalue weighted by molar-refractivity contribution is 5.87. The number of rotatable bonds is 8. The van der Waals surface area contributed by atoms with Crippen LogP contribution in [0.3, 0.4) is 0 Å². The van der Waals surface area contributed by atoms with E-state index in [0.717, 1.165) is 25.1 Å². The second kappa shape index (κ2) is 8.86. The van der Waals surface area contributed by atoms with Crippen LogP contribution >= 0.6 is 0 Å². The van der Waals surface area contributed by atoms with Crippen molar-refractivity contribution in [1.82, 2.24) is 5.32 Å². The molecule has 136 valence electrons. The van der Waals surface area contributed by atoms with Gasteiger partial charge in [-0.2, -0.15) is 0 Å². The van der Waals surface area contributed by atoms with Crippen LogP contribution in [0.15, 0.2) is 66.7 Å². The maximum atomic E-state index is 6.08. The Morgan fingerprint density at radius 1 is 0.846 bits per heavy atom. The minimum atomic E-state index is 0.172. The number of hydrogen-bond donors (Lipinski definition) is 1. The van der Waals surface area contributed by atoms with E-state index in [0.29, 0.717) is 6.04 Å². The van der Waals surface area contributed by atoms with Crippen molar-refractivity contribution in [2.45, 2.75) is 52.3 Å². The van der Waals surface area contributed by atoms with Gasteiger partial charge in [0.2, 0.25) is 0 Å². The van der Waals surface area contributed by atoms with E-state index in [4.69, 9.17) is 4.74 Å². The number of aryl methyl sites for hydroxylation is 1. The molecule has 3 aromatic rings. The van der Waals surface area contributed by atoms with E-state index in [2.05, 4.69) is 92.8 Å². The quantitative estimate of drug-likeness (QED) is 0.561. The van der Waals surface area contributed by atoms with Crippen LogP contribution in [0, 0.1) is 0 Å². The molecule has 3 rings (SSSR count). The molecule has 3 aromatic carbocycles. The van der Waals surface area contributed by atoms with Crippen LogP contribution in [0.1, 0.15) is 38.3 Å². The van der Waals surface area contributed by atoms with Gasteiger partial charge in [0.25, 0.3) is 0 Å². The van der Waals surface area contributed by atoms with Gasteiger partial charge in [-0.15, -0.1) is 0 Å². The third-order valence-corrected chi connectivity index (χ3v) is 4.70. The number of fused-ring (bicyclic) bond motifs is 1. The molecule has 1 N–H and O–H groups in total. The molecule has 1 atom stereocenters. The molecule has 0 aromatic heterocycles. The van der Waals surface area contributed by atoms with Crippen molar-refractivity contribution in [2.24, 2.45) is 0 Å². The highest BCUT2D eigenvalue weighted by atomic mass is 16.5. The van der Waals surface area contributed by atoms with Crippen LogP contribution in [-0.4, -0.2) is 12.1 Å². The topological polar surface area (TPSA) is 21.3 Å². The maximum Gasteiger partial charge on any atom is 0.124 e. The predicted molar refractivity (Wildman–Crippen MR) is 111 cm³/mol. The Bertz CT molecular complexity index is 826. The fraction of sp³-hybridized carbons (Fsp3) is 0.333. The van der Waals surface area contributed by atoms with Crippen molar-refractivity contribution in [2.75, 3.05) is 0 Å². The van der Waals surface area contributed by atoms with Gasteiger partial charge >= 0.3 is 0 Å². The Balaban J connectivity index is 1.70. The molecule has 0 radical (unpaired) electrons. The molecule has 0 aliphatic carbocycles. The molecule has 2 heteroatoms. The van der Waals surface area contributed by atoms with Crippen LogP contribution in [0.5, 0.6) is 5.75 Å². The highest BCUT2D eigenvalue weighted by Gasteiger charge is 2.11. The largest absolute Gasteiger partial charge is 0.491 e. The van der Waals surface area contributed by atoms with Crippen LogP contribution in [0.25, 0.3) is 10.8 Å². The van der Waals surface area contributed by atoms with Crippen molar-refractivity contribution >= 4 is 10.8 Å².